The molecule has 0 unspecified atom stereocenters. The first kappa shape index (κ1) is 13.3. The van der Waals surface area contributed by atoms with Crippen molar-refractivity contribution in [1.82, 2.24) is 19.8 Å². The summed E-state index contributed by atoms with van der Waals surface area (Å²) in [5.41, 5.74) is 2.64. The number of aromatic nitrogens is 4. The van der Waals surface area contributed by atoms with E-state index in [1.165, 1.54) is 0 Å². The van der Waals surface area contributed by atoms with E-state index in [1.54, 1.807) is 18.0 Å². The maximum Gasteiger partial charge on any atom is 0.200 e. The van der Waals surface area contributed by atoms with Crippen molar-refractivity contribution in [2.24, 2.45) is 0 Å². The standard InChI is InChI=1S/C13H19N5O2/c1-3-9-6-10(13-16-14-8-18(13)17-9)15-11-7-20-5-4-12(11)19-2/h6,8,11-12,15H,3-5,7H2,1-2H3/t11-,12-/m1/s1. The molecule has 0 saturated carbocycles. The van der Waals surface area contributed by atoms with E-state index in [0.717, 1.165) is 36.5 Å². The molecule has 0 aromatic carbocycles. The summed E-state index contributed by atoms with van der Waals surface area (Å²) in [5.74, 6) is 0. The van der Waals surface area contributed by atoms with Crippen LogP contribution in [0.3, 0.4) is 0 Å². The lowest BCUT2D eigenvalue weighted by atomic mass is 10.1. The van der Waals surface area contributed by atoms with Crippen molar-refractivity contribution in [3.63, 3.8) is 0 Å². The molecule has 0 bridgehead atoms. The lowest BCUT2D eigenvalue weighted by Crippen LogP contribution is -2.43. The van der Waals surface area contributed by atoms with Gasteiger partial charge in [0.05, 0.1) is 30.1 Å². The molecule has 2 aromatic rings. The summed E-state index contributed by atoms with van der Waals surface area (Å²) in [4.78, 5) is 0. The molecule has 1 aliphatic rings. The molecule has 1 aliphatic heterocycles. The number of nitrogens with zero attached hydrogens (tertiary/aromatic N) is 4. The van der Waals surface area contributed by atoms with Crippen LogP contribution in [-0.2, 0) is 15.9 Å². The molecule has 108 valence electrons. The molecular weight excluding hydrogens is 258 g/mol. The van der Waals surface area contributed by atoms with Gasteiger partial charge >= 0.3 is 0 Å². The average Bonchev–Trinajstić information content (AvgIpc) is 2.96. The van der Waals surface area contributed by atoms with Crippen molar-refractivity contribution in [3.8, 4) is 0 Å². The SMILES string of the molecule is CCc1cc(N[C@@H]2COCC[C@H]2OC)c2nncn2n1. The molecule has 1 N–H and O–H groups in total. The number of hydrogen-bond donors (Lipinski definition) is 1. The Morgan fingerprint density at radius 2 is 2.45 bits per heavy atom. The maximum absolute atomic E-state index is 5.54. The summed E-state index contributed by atoms with van der Waals surface area (Å²) in [7, 11) is 1.74. The first-order valence-electron chi connectivity index (χ1n) is 6.89. The number of fused-ring (bicyclic) bond motifs is 1. The van der Waals surface area contributed by atoms with Crippen LogP contribution in [0.2, 0.25) is 0 Å². The third kappa shape index (κ3) is 2.46. The Bertz CT molecular complexity index is 585. The normalized spacial score (nSPS) is 23.1. The van der Waals surface area contributed by atoms with Gasteiger partial charge in [-0.1, -0.05) is 6.92 Å². The van der Waals surface area contributed by atoms with Gasteiger partial charge in [0.25, 0.3) is 0 Å². The lowest BCUT2D eigenvalue weighted by molar-refractivity contribution is -0.0199. The Morgan fingerprint density at radius 3 is 3.25 bits per heavy atom. The molecule has 3 rings (SSSR count). The minimum Gasteiger partial charge on any atom is -0.379 e. The zero-order chi connectivity index (χ0) is 13.9. The number of methoxy groups -OCH3 is 1. The average molecular weight is 277 g/mol. The molecule has 1 fully saturated rings. The van der Waals surface area contributed by atoms with E-state index >= 15 is 0 Å². The van der Waals surface area contributed by atoms with Crippen molar-refractivity contribution < 1.29 is 9.47 Å². The number of nitrogens with one attached hydrogen (secondary N) is 1. The van der Waals surface area contributed by atoms with Crippen molar-refractivity contribution >= 4 is 11.3 Å². The van der Waals surface area contributed by atoms with Crippen LogP contribution < -0.4 is 5.32 Å². The minimum atomic E-state index is 0.112. The fraction of sp³-hybridized carbons (Fsp3) is 0.615. The molecular formula is C13H19N5O2. The Kier molecular flexibility index (Phi) is 3.79. The molecule has 7 nitrogen and oxygen atoms in total. The van der Waals surface area contributed by atoms with Crippen molar-refractivity contribution in [1.29, 1.82) is 0 Å². The second kappa shape index (κ2) is 5.72. The van der Waals surface area contributed by atoms with E-state index in [1.807, 2.05) is 6.07 Å². The van der Waals surface area contributed by atoms with Crippen LogP contribution in [0.4, 0.5) is 5.69 Å². The van der Waals surface area contributed by atoms with Crippen molar-refractivity contribution in [2.45, 2.75) is 31.9 Å². The first-order chi connectivity index (χ1) is 9.81. The number of ether oxygens (including phenoxy) is 2. The highest BCUT2D eigenvalue weighted by Crippen LogP contribution is 2.20. The lowest BCUT2D eigenvalue weighted by Gasteiger charge is -2.31. The minimum absolute atomic E-state index is 0.112. The predicted octanol–water partition coefficient (Wildman–Crippen LogP) is 0.902. The molecule has 2 atom stereocenters. The molecule has 3 heterocycles. The first-order valence-corrected chi connectivity index (χ1v) is 6.89. The van der Waals surface area contributed by atoms with Crippen LogP contribution >= 0.6 is 0 Å². The third-order valence-electron chi connectivity index (χ3n) is 3.62. The van der Waals surface area contributed by atoms with E-state index in [-0.39, 0.29) is 12.1 Å². The van der Waals surface area contributed by atoms with Gasteiger partial charge in [0.1, 0.15) is 6.33 Å². The highest BCUT2D eigenvalue weighted by atomic mass is 16.5. The van der Waals surface area contributed by atoms with E-state index in [9.17, 15) is 0 Å². The van der Waals surface area contributed by atoms with E-state index < -0.39 is 0 Å². The van der Waals surface area contributed by atoms with E-state index in [4.69, 9.17) is 9.47 Å². The van der Waals surface area contributed by atoms with E-state index in [2.05, 4.69) is 27.5 Å². The highest BCUT2D eigenvalue weighted by Gasteiger charge is 2.26. The summed E-state index contributed by atoms with van der Waals surface area (Å²) < 4.78 is 12.8. The largest absolute Gasteiger partial charge is 0.379 e. The number of aryl methyl sites for hydroxylation is 1. The van der Waals surface area contributed by atoms with Crippen molar-refractivity contribution in [3.05, 3.63) is 18.1 Å². The number of rotatable bonds is 4. The fourth-order valence-electron chi connectivity index (χ4n) is 2.49. The second-order valence-electron chi connectivity index (χ2n) is 4.89. The van der Waals surface area contributed by atoms with Crippen LogP contribution in [-0.4, -0.2) is 52.3 Å². The molecule has 7 heteroatoms. The summed E-state index contributed by atoms with van der Waals surface area (Å²) in [6.07, 6.45) is 3.51. The summed E-state index contributed by atoms with van der Waals surface area (Å²) in [6, 6.07) is 2.13. The molecule has 0 spiro atoms. The smallest absolute Gasteiger partial charge is 0.200 e. The topological polar surface area (TPSA) is 73.6 Å². The van der Waals surface area contributed by atoms with Crippen LogP contribution in [0.1, 0.15) is 19.0 Å². The zero-order valence-electron chi connectivity index (χ0n) is 11.7. The van der Waals surface area contributed by atoms with Gasteiger partial charge in [0.15, 0.2) is 0 Å². The fourth-order valence-corrected chi connectivity index (χ4v) is 2.49. The zero-order valence-corrected chi connectivity index (χ0v) is 11.7. The van der Waals surface area contributed by atoms with Gasteiger partial charge in [0.2, 0.25) is 5.65 Å². The molecule has 2 aromatic heterocycles. The Balaban J connectivity index is 1.90. The van der Waals surface area contributed by atoms with Crippen LogP contribution in [0.25, 0.3) is 5.65 Å². The Morgan fingerprint density at radius 1 is 1.55 bits per heavy atom. The molecule has 0 aliphatic carbocycles. The maximum atomic E-state index is 5.54. The summed E-state index contributed by atoms with van der Waals surface area (Å²) >= 11 is 0. The highest BCUT2D eigenvalue weighted by molar-refractivity contribution is 5.67. The molecule has 20 heavy (non-hydrogen) atoms. The summed E-state index contributed by atoms with van der Waals surface area (Å²) in [5, 5.41) is 15.9. The molecule has 1 saturated heterocycles. The Labute approximate surface area is 117 Å². The van der Waals surface area contributed by atoms with Gasteiger partial charge in [-0.3, -0.25) is 0 Å². The predicted molar refractivity (Wildman–Crippen MR) is 73.8 cm³/mol. The van der Waals surface area contributed by atoms with Gasteiger partial charge in [-0.05, 0) is 18.9 Å². The van der Waals surface area contributed by atoms with Gasteiger partial charge in [-0.15, -0.1) is 10.2 Å². The number of hydrogen-bond acceptors (Lipinski definition) is 6. The molecule has 0 amide bonds. The Hall–Kier alpha value is -1.73. The van der Waals surface area contributed by atoms with Crippen molar-refractivity contribution in [2.75, 3.05) is 25.6 Å². The van der Waals surface area contributed by atoms with Gasteiger partial charge in [-0.2, -0.15) is 9.61 Å². The van der Waals surface area contributed by atoms with E-state index in [0.29, 0.717) is 6.61 Å². The monoisotopic (exact) mass is 277 g/mol. The second-order valence-corrected chi connectivity index (χ2v) is 4.89. The van der Waals surface area contributed by atoms with Gasteiger partial charge in [-0.25, -0.2) is 0 Å². The van der Waals surface area contributed by atoms with Gasteiger partial charge in [0, 0.05) is 13.7 Å². The molecule has 0 radical (unpaired) electrons. The number of anilines is 1. The quantitative estimate of drug-likeness (QED) is 0.895. The van der Waals surface area contributed by atoms with Crippen LogP contribution in [0.5, 0.6) is 0 Å². The van der Waals surface area contributed by atoms with Gasteiger partial charge < -0.3 is 14.8 Å². The van der Waals surface area contributed by atoms with Crippen LogP contribution in [0.15, 0.2) is 12.4 Å². The van der Waals surface area contributed by atoms with Crippen LogP contribution in [0, 0.1) is 0 Å². The third-order valence-corrected chi connectivity index (χ3v) is 3.62. The summed E-state index contributed by atoms with van der Waals surface area (Å²) in [6.45, 7) is 3.44.